The van der Waals surface area contributed by atoms with Crippen LogP contribution in [0.25, 0.3) is 0 Å². The largest absolute Gasteiger partial charge is 0.405 e. The zero-order valence-corrected chi connectivity index (χ0v) is 15.8. The normalized spacial score (nSPS) is 13.8. The highest BCUT2D eigenvalue weighted by Gasteiger charge is 2.23. The highest BCUT2D eigenvalue weighted by Crippen LogP contribution is 2.17. The first-order chi connectivity index (χ1) is 9.26. The number of hydrogen-bond donors (Lipinski definition) is 1. The van der Waals surface area contributed by atoms with Crippen LogP contribution in [0.15, 0.2) is 0 Å². The van der Waals surface area contributed by atoms with Gasteiger partial charge in [-0.3, -0.25) is 9.69 Å². The van der Waals surface area contributed by atoms with Crippen molar-refractivity contribution in [2.75, 3.05) is 20.8 Å². The molecule has 0 aromatic rings. The summed E-state index contributed by atoms with van der Waals surface area (Å²) in [6, 6.07) is 0.930. The number of carbonyl (C=O) groups excluding carboxylic acids is 1. The number of ketones is 1. The van der Waals surface area contributed by atoms with E-state index in [1.54, 1.807) is 0 Å². The Kier molecular flexibility index (Phi) is 10.9. The fraction of sp³-hybridized carbons (Fsp3) is 0.933. The molecule has 0 N–H and O–H groups in total. The summed E-state index contributed by atoms with van der Waals surface area (Å²) in [6.07, 6.45) is 5.74. The van der Waals surface area contributed by atoms with Crippen molar-refractivity contribution in [3.05, 3.63) is 0 Å². The van der Waals surface area contributed by atoms with Gasteiger partial charge in [0.25, 0.3) is 0 Å². The van der Waals surface area contributed by atoms with Gasteiger partial charge in [-0.1, -0.05) is 13.3 Å². The minimum Gasteiger partial charge on any atom is -0.405 e. The average molecular weight is 320 g/mol. The minimum atomic E-state index is -1.68. The smallest absolute Gasteiger partial charge is 0.188 e. The maximum Gasteiger partial charge on any atom is 0.188 e. The van der Waals surface area contributed by atoms with Crippen LogP contribution >= 0.6 is 12.6 Å². The summed E-state index contributed by atoms with van der Waals surface area (Å²) in [5.41, 5.74) is 0. The van der Waals surface area contributed by atoms with Gasteiger partial charge in [-0.05, 0) is 52.5 Å². The number of nitrogens with zero attached hydrogens (tertiary/aromatic N) is 1. The van der Waals surface area contributed by atoms with Crippen molar-refractivity contribution in [2.45, 2.75) is 69.8 Å². The molecule has 3 nitrogen and oxygen atoms in total. The van der Waals surface area contributed by atoms with Crippen LogP contribution in [0, 0.1) is 0 Å². The van der Waals surface area contributed by atoms with Crippen LogP contribution in [-0.4, -0.2) is 45.1 Å². The zero-order chi connectivity index (χ0) is 15.6. The summed E-state index contributed by atoms with van der Waals surface area (Å²) in [6.45, 7) is 7.21. The molecule has 0 radical (unpaired) electrons. The molecule has 0 saturated carbocycles. The van der Waals surface area contributed by atoms with Gasteiger partial charge < -0.3 is 4.43 Å². The molecule has 20 heavy (non-hydrogen) atoms. The summed E-state index contributed by atoms with van der Waals surface area (Å²) in [5.74, 6) is 0.385. The molecular formula is C15H33NO2SSi. The third-order valence-electron chi connectivity index (χ3n) is 3.33. The molecule has 0 aliphatic carbocycles. The first-order valence-electron chi connectivity index (χ1n) is 7.75. The third-order valence-corrected chi connectivity index (χ3v) is 6.22. The Morgan fingerprint density at radius 2 is 1.90 bits per heavy atom. The van der Waals surface area contributed by atoms with Gasteiger partial charge in [0, 0.05) is 18.1 Å². The number of thiol groups is 1. The molecule has 5 heteroatoms. The van der Waals surface area contributed by atoms with Crippen LogP contribution in [0.1, 0.15) is 45.4 Å². The molecule has 1 atom stereocenters. The topological polar surface area (TPSA) is 29.5 Å². The van der Waals surface area contributed by atoms with E-state index in [9.17, 15) is 4.79 Å². The molecule has 0 aliphatic heterocycles. The second kappa shape index (κ2) is 10.8. The van der Waals surface area contributed by atoms with Crippen molar-refractivity contribution >= 4 is 26.7 Å². The molecule has 0 rings (SSSR count). The van der Waals surface area contributed by atoms with E-state index in [1.165, 1.54) is 6.42 Å². The molecule has 120 valence electrons. The van der Waals surface area contributed by atoms with Gasteiger partial charge in [0.1, 0.15) is 5.78 Å². The first-order valence-corrected chi connectivity index (χ1v) is 11.4. The first kappa shape index (κ1) is 20.2. The molecule has 0 aliphatic rings. The Hall–Kier alpha value is 0.157. The SMILES string of the molecule is CCCC(S)CCCC(=O)CC[Si](C)(C)OCN(C)C. The van der Waals surface area contributed by atoms with Crippen molar-refractivity contribution < 1.29 is 9.22 Å². The highest BCUT2D eigenvalue weighted by atomic mass is 32.1. The van der Waals surface area contributed by atoms with Gasteiger partial charge in [-0.2, -0.15) is 12.6 Å². The van der Waals surface area contributed by atoms with E-state index >= 15 is 0 Å². The molecule has 0 bridgehead atoms. The molecular weight excluding hydrogens is 286 g/mol. The Balaban J connectivity index is 3.76. The molecule has 0 aromatic carbocycles. The maximum absolute atomic E-state index is 11.9. The molecule has 0 heterocycles. The second-order valence-corrected chi connectivity index (χ2v) is 11.5. The van der Waals surface area contributed by atoms with Gasteiger partial charge in [-0.25, -0.2) is 0 Å². The van der Waals surface area contributed by atoms with E-state index in [-0.39, 0.29) is 0 Å². The Labute approximate surface area is 132 Å². The number of rotatable bonds is 12. The third kappa shape index (κ3) is 11.9. The highest BCUT2D eigenvalue weighted by molar-refractivity contribution is 7.80. The van der Waals surface area contributed by atoms with Crippen LogP contribution in [0.3, 0.4) is 0 Å². The second-order valence-electron chi connectivity index (χ2n) is 6.49. The van der Waals surface area contributed by atoms with Gasteiger partial charge in [0.15, 0.2) is 8.32 Å². The molecule has 0 spiro atoms. The van der Waals surface area contributed by atoms with Crippen LogP contribution in [0.5, 0.6) is 0 Å². The summed E-state index contributed by atoms with van der Waals surface area (Å²) in [4.78, 5) is 13.9. The lowest BCUT2D eigenvalue weighted by Gasteiger charge is -2.24. The number of carbonyl (C=O) groups is 1. The average Bonchev–Trinajstić information content (AvgIpc) is 2.35. The number of hydrogen-bond acceptors (Lipinski definition) is 4. The van der Waals surface area contributed by atoms with Gasteiger partial charge in [0.2, 0.25) is 0 Å². The predicted molar refractivity (Wildman–Crippen MR) is 93.1 cm³/mol. The summed E-state index contributed by atoms with van der Waals surface area (Å²) in [5, 5.41) is 0.460. The van der Waals surface area contributed by atoms with Crippen LogP contribution in [-0.2, 0) is 9.22 Å². The summed E-state index contributed by atoms with van der Waals surface area (Å²) in [7, 11) is 2.32. The van der Waals surface area contributed by atoms with E-state index in [0.717, 1.165) is 25.3 Å². The molecule has 0 amide bonds. The van der Waals surface area contributed by atoms with E-state index in [4.69, 9.17) is 4.43 Å². The molecule has 0 fully saturated rings. The predicted octanol–water partition coefficient (Wildman–Crippen LogP) is 3.96. The van der Waals surface area contributed by atoms with Crippen molar-refractivity contribution in [1.29, 1.82) is 0 Å². The van der Waals surface area contributed by atoms with E-state index in [0.29, 0.717) is 30.6 Å². The number of Topliss-reactive ketones (excluding diaryl/α,β-unsaturated/α-hetero) is 1. The van der Waals surface area contributed by atoms with Gasteiger partial charge in [-0.15, -0.1) is 0 Å². The Morgan fingerprint density at radius 3 is 2.45 bits per heavy atom. The van der Waals surface area contributed by atoms with Crippen LogP contribution < -0.4 is 0 Å². The lowest BCUT2D eigenvalue weighted by atomic mass is 10.1. The summed E-state index contributed by atoms with van der Waals surface area (Å²) >= 11 is 4.53. The van der Waals surface area contributed by atoms with Crippen LogP contribution in [0.4, 0.5) is 0 Å². The fourth-order valence-electron chi connectivity index (χ4n) is 1.95. The van der Waals surface area contributed by atoms with Crippen molar-refractivity contribution in [3.63, 3.8) is 0 Å². The molecule has 1 unspecified atom stereocenters. The standard InChI is InChI=1S/C15H33NO2SSi/c1-6-8-15(19)10-7-9-14(17)11-12-20(4,5)18-13-16(2)3/h15,19H,6-13H2,1-5H3. The minimum absolute atomic E-state index is 0.385. The van der Waals surface area contributed by atoms with Gasteiger partial charge in [0.05, 0.1) is 6.73 Å². The van der Waals surface area contributed by atoms with Crippen molar-refractivity contribution in [2.24, 2.45) is 0 Å². The lowest BCUT2D eigenvalue weighted by Crippen LogP contribution is -2.35. The zero-order valence-electron chi connectivity index (χ0n) is 13.9. The van der Waals surface area contributed by atoms with Crippen molar-refractivity contribution in [1.82, 2.24) is 4.90 Å². The molecule has 0 saturated heterocycles. The lowest BCUT2D eigenvalue weighted by molar-refractivity contribution is -0.118. The van der Waals surface area contributed by atoms with Crippen molar-refractivity contribution in [3.8, 4) is 0 Å². The van der Waals surface area contributed by atoms with E-state index in [2.05, 4.69) is 32.6 Å². The van der Waals surface area contributed by atoms with E-state index in [1.807, 2.05) is 19.0 Å². The van der Waals surface area contributed by atoms with E-state index < -0.39 is 8.32 Å². The van der Waals surface area contributed by atoms with Crippen LogP contribution in [0.2, 0.25) is 19.1 Å². The fourth-order valence-corrected chi connectivity index (χ4v) is 4.03. The quantitative estimate of drug-likeness (QED) is 0.335. The Morgan fingerprint density at radius 1 is 1.25 bits per heavy atom. The summed E-state index contributed by atoms with van der Waals surface area (Å²) < 4.78 is 5.92. The van der Waals surface area contributed by atoms with Gasteiger partial charge >= 0.3 is 0 Å². The maximum atomic E-state index is 11.9. The monoisotopic (exact) mass is 319 g/mol. The molecule has 0 aromatic heterocycles. The Bertz CT molecular complexity index is 273.